The molecule has 0 aromatic heterocycles. The summed E-state index contributed by atoms with van der Waals surface area (Å²) in [6.07, 6.45) is 3.24. The van der Waals surface area contributed by atoms with Crippen LogP contribution in [-0.4, -0.2) is 38.0 Å². The van der Waals surface area contributed by atoms with Crippen molar-refractivity contribution in [2.45, 2.75) is 31.1 Å². The van der Waals surface area contributed by atoms with Crippen molar-refractivity contribution < 1.29 is 19.1 Å². The van der Waals surface area contributed by atoms with E-state index < -0.39 is 23.9 Å². The molecule has 1 aromatic carbocycles. The van der Waals surface area contributed by atoms with Gasteiger partial charge in [0.1, 0.15) is 0 Å². The Morgan fingerprint density at radius 1 is 1.12 bits per heavy atom. The maximum Gasteiger partial charge on any atom is 0.317 e. The van der Waals surface area contributed by atoms with Gasteiger partial charge in [-0.2, -0.15) is 0 Å². The van der Waals surface area contributed by atoms with E-state index in [0.717, 1.165) is 18.4 Å². The van der Waals surface area contributed by atoms with E-state index >= 15 is 0 Å². The van der Waals surface area contributed by atoms with E-state index in [0.29, 0.717) is 17.9 Å². The maximum atomic E-state index is 12.6. The van der Waals surface area contributed by atoms with Gasteiger partial charge in [-0.3, -0.25) is 14.4 Å². The minimum absolute atomic E-state index is 0.144. The third kappa shape index (κ3) is 4.26. The fourth-order valence-electron chi connectivity index (χ4n) is 2.95. The summed E-state index contributed by atoms with van der Waals surface area (Å²) >= 11 is 5.92. The number of halogens is 1. The highest BCUT2D eigenvalue weighted by Crippen LogP contribution is 2.42. The monoisotopic (exact) mass is 352 g/mol. The van der Waals surface area contributed by atoms with Crippen LogP contribution in [0.2, 0.25) is 5.02 Å². The molecule has 7 heteroatoms. The SMILES string of the molecule is CNC(=O)CNC(=O)COC(=O)C1(c2ccc(Cl)cc2)CCCC1. The predicted octanol–water partition coefficient (Wildman–Crippen LogP) is 1.56. The van der Waals surface area contributed by atoms with E-state index in [9.17, 15) is 14.4 Å². The van der Waals surface area contributed by atoms with Crippen LogP contribution in [-0.2, 0) is 24.5 Å². The number of nitrogens with one attached hydrogen (secondary N) is 2. The van der Waals surface area contributed by atoms with Gasteiger partial charge in [0.2, 0.25) is 5.91 Å². The Balaban J connectivity index is 1.98. The second kappa shape index (κ2) is 8.15. The highest BCUT2D eigenvalue weighted by atomic mass is 35.5. The van der Waals surface area contributed by atoms with Crippen LogP contribution in [0.1, 0.15) is 31.2 Å². The van der Waals surface area contributed by atoms with Crippen LogP contribution < -0.4 is 10.6 Å². The van der Waals surface area contributed by atoms with Crippen molar-refractivity contribution >= 4 is 29.4 Å². The molecule has 0 heterocycles. The molecule has 2 N–H and O–H groups in total. The first-order valence-electron chi connectivity index (χ1n) is 7.88. The molecule has 1 aliphatic carbocycles. The molecule has 2 rings (SSSR count). The Morgan fingerprint density at radius 2 is 1.75 bits per heavy atom. The number of rotatable bonds is 6. The van der Waals surface area contributed by atoms with Crippen LogP contribution in [0.4, 0.5) is 0 Å². The number of amides is 2. The third-order valence-corrected chi connectivity index (χ3v) is 4.56. The lowest BCUT2D eigenvalue weighted by molar-refractivity contribution is -0.154. The van der Waals surface area contributed by atoms with E-state index in [4.69, 9.17) is 16.3 Å². The molecule has 0 saturated heterocycles. The Kier molecular flexibility index (Phi) is 6.20. The van der Waals surface area contributed by atoms with Gasteiger partial charge in [0.15, 0.2) is 6.61 Å². The smallest absolute Gasteiger partial charge is 0.317 e. The van der Waals surface area contributed by atoms with Crippen molar-refractivity contribution in [2.24, 2.45) is 0 Å². The number of carbonyl (C=O) groups is 3. The summed E-state index contributed by atoms with van der Waals surface area (Å²) in [6.45, 7) is -0.541. The second-order valence-electron chi connectivity index (χ2n) is 5.82. The minimum Gasteiger partial charge on any atom is -0.455 e. The minimum atomic E-state index is -0.717. The normalized spacial score (nSPS) is 15.6. The lowest BCUT2D eigenvalue weighted by Gasteiger charge is -2.27. The van der Waals surface area contributed by atoms with Crippen molar-refractivity contribution in [3.8, 4) is 0 Å². The summed E-state index contributed by atoms with van der Waals surface area (Å²) < 4.78 is 5.23. The molecule has 24 heavy (non-hydrogen) atoms. The molecular formula is C17H21ClN2O4. The van der Waals surface area contributed by atoms with Gasteiger partial charge in [0, 0.05) is 12.1 Å². The Morgan fingerprint density at radius 3 is 2.33 bits per heavy atom. The van der Waals surface area contributed by atoms with E-state index in [1.807, 2.05) is 12.1 Å². The first kappa shape index (κ1) is 18.3. The highest BCUT2D eigenvalue weighted by Gasteiger charge is 2.44. The van der Waals surface area contributed by atoms with Gasteiger partial charge >= 0.3 is 5.97 Å². The fourth-order valence-corrected chi connectivity index (χ4v) is 3.07. The maximum absolute atomic E-state index is 12.6. The first-order chi connectivity index (χ1) is 11.5. The molecule has 1 aliphatic rings. The summed E-state index contributed by atoms with van der Waals surface area (Å²) in [4.78, 5) is 35.4. The molecule has 1 aromatic rings. The molecule has 1 saturated carbocycles. The van der Waals surface area contributed by atoms with Gasteiger partial charge in [-0.25, -0.2) is 0 Å². The number of likely N-dealkylation sites (N-methyl/N-ethyl adjacent to an activating group) is 1. The quantitative estimate of drug-likeness (QED) is 0.761. The Hall–Kier alpha value is -2.08. The topological polar surface area (TPSA) is 84.5 Å². The van der Waals surface area contributed by atoms with Crippen LogP contribution in [0.15, 0.2) is 24.3 Å². The molecule has 2 amide bonds. The van der Waals surface area contributed by atoms with Gasteiger partial charge < -0.3 is 15.4 Å². The standard InChI is InChI=1S/C17H21ClN2O4/c1-19-14(21)10-20-15(22)11-24-16(23)17(8-2-3-9-17)12-4-6-13(18)7-5-12/h4-7H,2-3,8-11H2,1H3,(H,19,21)(H,20,22). The van der Waals surface area contributed by atoms with E-state index in [1.165, 1.54) is 7.05 Å². The van der Waals surface area contributed by atoms with Crippen molar-refractivity contribution in [3.63, 3.8) is 0 Å². The van der Waals surface area contributed by atoms with E-state index in [2.05, 4.69) is 10.6 Å². The summed E-state index contributed by atoms with van der Waals surface area (Å²) in [5.74, 6) is -1.23. The van der Waals surface area contributed by atoms with Crippen LogP contribution >= 0.6 is 11.6 Å². The van der Waals surface area contributed by atoms with Crippen molar-refractivity contribution in [2.75, 3.05) is 20.2 Å². The molecule has 1 fully saturated rings. The number of benzene rings is 1. The second-order valence-corrected chi connectivity index (χ2v) is 6.26. The molecule has 0 spiro atoms. The van der Waals surface area contributed by atoms with Gasteiger partial charge in [-0.1, -0.05) is 36.6 Å². The zero-order valence-electron chi connectivity index (χ0n) is 13.6. The lowest BCUT2D eigenvalue weighted by atomic mass is 9.79. The van der Waals surface area contributed by atoms with Crippen molar-refractivity contribution in [1.29, 1.82) is 0 Å². The number of esters is 1. The number of carbonyl (C=O) groups excluding carboxylic acids is 3. The third-order valence-electron chi connectivity index (χ3n) is 4.30. The summed E-state index contributed by atoms with van der Waals surface area (Å²) in [5.41, 5.74) is 0.145. The Labute approximate surface area is 145 Å². The van der Waals surface area contributed by atoms with Gasteiger partial charge in [0.25, 0.3) is 5.91 Å². The zero-order valence-corrected chi connectivity index (χ0v) is 14.3. The van der Waals surface area contributed by atoms with E-state index in [1.54, 1.807) is 12.1 Å². The molecule has 0 bridgehead atoms. The molecule has 6 nitrogen and oxygen atoms in total. The molecule has 0 radical (unpaired) electrons. The predicted molar refractivity (Wildman–Crippen MR) is 89.6 cm³/mol. The van der Waals surface area contributed by atoms with Crippen LogP contribution in [0.5, 0.6) is 0 Å². The zero-order chi connectivity index (χ0) is 17.6. The fraction of sp³-hybridized carbons (Fsp3) is 0.471. The number of ether oxygens (including phenoxy) is 1. The van der Waals surface area contributed by atoms with Gasteiger partial charge in [-0.15, -0.1) is 0 Å². The van der Waals surface area contributed by atoms with Crippen LogP contribution in [0.25, 0.3) is 0 Å². The molecule has 0 unspecified atom stereocenters. The number of hydrogen-bond donors (Lipinski definition) is 2. The van der Waals surface area contributed by atoms with Gasteiger partial charge in [0.05, 0.1) is 12.0 Å². The Bertz CT molecular complexity index is 610. The number of hydrogen-bond acceptors (Lipinski definition) is 4. The molecule has 130 valence electrons. The largest absolute Gasteiger partial charge is 0.455 e. The molecule has 0 atom stereocenters. The average molecular weight is 353 g/mol. The van der Waals surface area contributed by atoms with Crippen molar-refractivity contribution in [1.82, 2.24) is 10.6 Å². The first-order valence-corrected chi connectivity index (χ1v) is 8.26. The average Bonchev–Trinajstić information content (AvgIpc) is 3.09. The lowest BCUT2D eigenvalue weighted by Crippen LogP contribution is -2.40. The van der Waals surface area contributed by atoms with Crippen LogP contribution in [0, 0.1) is 0 Å². The summed E-state index contributed by atoms with van der Waals surface area (Å²) in [5, 5.41) is 5.39. The van der Waals surface area contributed by atoms with Crippen molar-refractivity contribution in [3.05, 3.63) is 34.9 Å². The molecular weight excluding hydrogens is 332 g/mol. The van der Waals surface area contributed by atoms with Crippen LogP contribution in [0.3, 0.4) is 0 Å². The summed E-state index contributed by atoms with van der Waals surface area (Å²) in [7, 11) is 1.48. The van der Waals surface area contributed by atoms with E-state index in [-0.39, 0.29) is 12.5 Å². The molecule has 0 aliphatic heterocycles. The van der Waals surface area contributed by atoms with Gasteiger partial charge in [-0.05, 0) is 30.5 Å². The highest BCUT2D eigenvalue weighted by molar-refractivity contribution is 6.30. The summed E-state index contributed by atoms with van der Waals surface area (Å²) in [6, 6.07) is 7.17.